The fraction of sp³-hybridized carbons (Fsp3) is 0. The summed E-state index contributed by atoms with van der Waals surface area (Å²) in [5, 5.41) is 0. The average Bonchev–Trinajstić information content (AvgIpc) is 2.05. The molecule has 10 heavy (non-hydrogen) atoms. The fourth-order valence-corrected chi connectivity index (χ4v) is 0.569. The monoisotopic (exact) mass is 132 g/mol. The van der Waals surface area contributed by atoms with Crippen LogP contribution in [0.25, 0.3) is 5.57 Å². The first-order valence-electron chi connectivity index (χ1n) is 2.92. The normalized spacial score (nSPS) is 8.80. The zero-order valence-electron chi connectivity index (χ0n) is 5.62. The van der Waals surface area contributed by atoms with Crippen LogP contribution >= 0.6 is 0 Å². The number of hydrogen-bond donors (Lipinski definition) is 0. The summed E-state index contributed by atoms with van der Waals surface area (Å²) in [5.41, 5.74) is 1.57. The van der Waals surface area contributed by atoms with Gasteiger partial charge in [-0.1, -0.05) is 19.2 Å². The van der Waals surface area contributed by atoms with Crippen LogP contribution < -0.4 is 0 Å². The Hall–Kier alpha value is -1.44. The summed E-state index contributed by atoms with van der Waals surface area (Å²) in [5.74, 6) is 0. The molecule has 2 nitrogen and oxygen atoms in total. The summed E-state index contributed by atoms with van der Waals surface area (Å²) in [6.07, 6.45) is 6.57. The molecule has 0 amide bonds. The molecule has 1 aromatic rings. The predicted molar refractivity (Wildman–Crippen MR) is 41.3 cm³/mol. The van der Waals surface area contributed by atoms with E-state index in [1.165, 1.54) is 0 Å². The quantitative estimate of drug-likeness (QED) is 0.572. The molecule has 0 radical (unpaired) electrons. The van der Waals surface area contributed by atoms with Crippen molar-refractivity contribution in [3.05, 3.63) is 43.5 Å². The number of aromatic nitrogens is 2. The zero-order valence-corrected chi connectivity index (χ0v) is 5.62. The van der Waals surface area contributed by atoms with Crippen LogP contribution in [0.2, 0.25) is 0 Å². The Labute approximate surface area is 60.0 Å². The van der Waals surface area contributed by atoms with Crippen LogP contribution in [0, 0.1) is 0 Å². The fourth-order valence-electron chi connectivity index (χ4n) is 0.569. The molecule has 0 aromatic carbocycles. The largest absolute Gasteiger partial charge is 0.261 e. The van der Waals surface area contributed by atoms with Gasteiger partial charge in [0.2, 0.25) is 0 Å². The second-order valence-corrected chi connectivity index (χ2v) is 1.82. The summed E-state index contributed by atoms with van der Waals surface area (Å²) in [7, 11) is 0. The van der Waals surface area contributed by atoms with Gasteiger partial charge in [0.1, 0.15) is 0 Å². The van der Waals surface area contributed by atoms with Gasteiger partial charge in [-0.15, -0.1) is 0 Å². The highest BCUT2D eigenvalue weighted by atomic mass is 14.8. The van der Waals surface area contributed by atoms with Gasteiger partial charge in [-0.25, -0.2) is 0 Å². The highest BCUT2D eigenvalue weighted by Gasteiger charge is 1.91. The van der Waals surface area contributed by atoms with E-state index in [2.05, 4.69) is 23.1 Å². The third-order valence-electron chi connectivity index (χ3n) is 1.14. The third-order valence-corrected chi connectivity index (χ3v) is 1.14. The number of allylic oxidation sites excluding steroid dienone is 2. The standard InChI is InChI=1S/C8H8N2/c1-3-7(2)8-6-9-4-5-10-8/h3-6H,1-2H2. The minimum Gasteiger partial charge on any atom is -0.261 e. The van der Waals surface area contributed by atoms with Gasteiger partial charge >= 0.3 is 0 Å². The van der Waals surface area contributed by atoms with Gasteiger partial charge in [-0.05, 0) is 5.57 Å². The van der Waals surface area contributed by atoms with E-state index in [0.29, 0.717) is 0 Å². The Balaban J connectivity index is 2.95. The lowest BCUT2D eigenvalue weighted by Crippen LogP contribution is -1.84. The Kier molecular flexibility index (Phi) is 1.95. The lowest BCUT2D eigenvalue weighted by Gasteiger charge is -1.94. The molecule has 0 saturated heterocycles. The van der Waals surface area contributed by atoms with E-state index in [1.54, 1.807) is 24.7 Å². The van der Waals surface area contributed by atoms with Crippen molar-refractivity contribution in [3.8, 4) is 0 Å². The molecule has 1 heterocycles. The molecular weight excluding hydrogens is 124 g/mol. The highest BCUT2D eigenvalue weighted by Crippen LogP contribution is 2.05. The van der Waals surface area contributed by atoms with E-state index in [0.717, 1.165) is 11.3 Å². The van der Waals surface area contributed by atoms with Gasteiger partial charge in [0.15, 0.2) is 0 Å². The summed E-state index contributed by atoms with van der Waals surface area (Å²) in [6, 6.07) is 0. The van der Waals surface area contributed by atoms with Crippen molar-refractivity contribution in [3.63, 3.8) is 0 Å². The Bertz CT molecular complexity index is 239. The van der Waals surface area contributed by atoms with Crippen LogP contribution in [0.3, 0.4) is 0 Å². The van der Waals surface area contributed by atoms with Crippen LogP contribution in [-0.2, 0) is 0 Å². The van der Waals surface area contributed by atoms with Crippen molar-refractivity contribution in [2.45, 2.75) is 0 Å². The van der Waals surface area contributed by atoms with Crippen molar-refractivity contribution in [2.75, 3.05) is 0 Å². The van der Waals surface area contributed by atoms with E-state index in [9.17, 15) is 0 Å². The van der Waals surface area contributed by atoms with Crippen LogP contribution in [-0.4, -0.2) is 9.97 Å². The van der Waals surface area contributed by atoms with Gasteiger partial charge in [-0.3, -0.25) is 9.97 Å². The van der Waals surface area contributed by atoms with Gasteiger partial charge in [-0.2, -0.15) is 0 Å². The number of rotatable bonds is 2. The molecule has 0 atom stereocenters. The van der Waals surface area contributed by atoms with E-state index >= 15 is 0 Å². The summed E-state index contributed by atoms with van der Waals surface area (Å²) in [6.45, 7) is 7.29. The first-order chi connectivity index (χ1) is 4.84. The topological polar surface area (TPSA) is 25.8 Å². The third kappa shape index (κ3) is 1.29. The molecule has 50 valence electrons. The second kappa shape index (κ2) is 2.92. The van der Waals surface area contributed by atoms with Crippen molar-refractivity contribution in [2.24, 2.45) is 0 Å². The minimum atomic E-state index is 0.775. The highest BCUT2D eigenvalue weighted by molar-refractivity contribution is 5.67. The minimum absolute atomic E-state index is 0.775. The van der Waals surface area contributed by atoms with E-state index in [4.69, 9.17) is 0 Å². The maximum atomic E-state index is 4.02. The lowest BCUT2D eigenvalue weighted by molar-refractivity contribution is 1.17. The molecule has 0 aliphatic heterocycles. The molecule has 0 unspecified atom stereocenters. The molecule has 0 aliphatic carbocycles. The van der Waals surface area contributed by atoms with Crippen LogP contribution in [0.4, 0.5) is 0 Å². The molecule has 2 heteroatoms. The van der Waals surface area contributed by atoms with Gasteiger partial charge in [0.05, 0.1) is 11.9 Å². The SMILES string of the molecule is C=CC(=C)c1cnccn1. The Morgan fingerprint density at radius 3 is 2.80 bits per heavy atom. The Morgan fingerprint density at radius 1 is 1.50 bits per heavy atom. The van der Waals surface area contributed by atoms with Crippen molar-refractivity contribution < 1.29 is 0 Å². The Morgan fingerprint density at radius 2 is 2.30 bits per heavy atom. The van der Waals surface area contributed by atoms with Crippen molar-refractivity contribution in [1.82, 2.24) is 9.97 Å². The smallest absolute Gasteiger partial charge is 0.0878 e. The number of hydrogen-bond acceptors (Lipinski definition) is 2. The molecule has 1 rings (SSSR count). The van der Waals surface area contributed by atoms with Crippen molar-refractivity contribution in [1.29, 1.82) is 0 Å². The first kappa shape index (κ1) is 6.68. The predicted octanol–water partition coefficient (Wildman–Crippen LogP) is 1.68. The van der Waals surface area contributed by atoms with Gasteiger partial charge in [0.25, 0.3) is 0 Å². The van der Waals surface area contributed by atoms with E-state index in [-0.39, 0.29) is 0 Å². The maximum Gasteiger partial charge on any atom is 0.0878 e. The van der Waals surface area contributed by atoms with Gasteiger partial charge in [0, 0.05) is 12.4 Å². The maximum absolute atomic E-state index is 4.02. The summed E-state index contributed by atoms with van der Waals surface area (Å²) >= 11 is 0. The van der Waals surface area contributed by atoms with Crippen LogP contribution in [0.15, 0.2) is 37.8 Å². The van der Waals surface area contributed by atoms with E-state index < -0.39 is 0 Å². The summed E-state index contributed by atoms with van der Waals surface area (Å²) < 4.78 is 0. The first-order valence-corrected chi connectivity index (χ1v) is 2.92. The molecule has 0 fully saturated rings. The van der Waals surface area contributed by atoms with Crippen LogP contribution in [0.1, 0.15) is 5.69 Å². The summed E-state index contributed by atoms with van der Waals surface area (Å²) in [4.78, 5) is 7.90. The molecule has 0 bridgehead atoms. The second-order valence-electron chi connectivity index (χ2n) is 1.82. The van der Waals surface area contributed by atoms with Crippen LogP contribution in [0.5, 0.6) is 0 Å². The van der Waals surface area contributed by atoms with E-state index in [1.807, 2.05) is 0 Å². The van der Waals surface area contributed by atoms with Crippen molar-refractivity contribution >= 4 is 5.57 Å². The molecule has 0 aliphatic rings. The zero-order chi connectivity index (χ0) is 7.40. The molecule has 0 spiro atoms. The molecule has 0 saturated carbocycles. The lowest BCUT2D eigenvalue weighted by atomic mass is 10.2. The molecule has 1 aromatic heterocycles. The molecular formula is C8H8N2. The number of nitrogens with zero attached hydrogens (tertiary/aromatic N) is 2. The van der Waals surface area contributed by atoms with Gasteiger partial charge < -0.3 is 0 Å². The molecule has 0 N–H and O–H groups in total. The average molecular weight is 132 g/mol.